The lowest BCUT2D eigenvalue weighted by atomic mass is 9.77. The van der Waals surface area contributed by atoms with Crippen molar-refractivity contribution >= 4 is 15.9 Å². The Morgan fingerprint density at radius 3 is 2.50 bits per heavy atom. The molecular formula is C11H19Br. The van der Waals surface area contributed by atoms with Crippen LogP contribution in [-0.2, 0) is 0 Å². The Morgan fingerprint density at radius 1 is 1.25 bits per heavy atom. The second-order valence-electron chi connectivity index (χ2n) is 4.02. The molecule has 0 heterocycles. The minimum Gasteiger partial charge on any atom is -0.0928 e. The first-order chi connectivity index (χ1) is 5.66. The van der Waals surface area contributed by atoms with Crippen LogP contribution in [0.25, 0.3) is 0 Å². The highest BCUT2D eigenvalue weighted by atomic mass is 79.9. The highest BCUT2D eigenvalue weighted by Crippen LogP contribution is 2.35. The average Bonchev–Trinajstić information content (AvgIpc) is 2.07. The summed E-state index contributed by atoms with van der Waals surface area (Å²) in [5.41, 5.74) is 3.31. The molecule has 0 N–H and O–H groups in total. The maximum Gasteiger partial charge on any atom is 0.00370 e. The molecule has 0 aliphatic heterocycles. The van der Waals surface area contributed by atoms with Crippen LogP contribution in [0.4, 0.5) is 0 Å². The molecule has 0 bridgehead atoms. The molecule has 0 aromatic rings. The molecule has 70 valence electrons. The van der Waals surface area contributed by atoms with Gasteiger partial charge in [0.15, 0.2) is 0 Å². The minimum atomic E-state index is 0.830. The quantitative estimate of drug-likeness (QED) is 0.494. The molecule has 12 heavy (non-hydrogen) atoms. The third kappa shape index (κ3) is 2.12. The third-order valence-corrected chi connectivity index (χ3v) is 3.84. The maximum absolute atomic E-state index is 3.52. The van der Waals surface area contributed by atoms with E-state index < -0.39 is 0 Å². The van der Waals surface area contributed by atoms with Crippen LogP contribution in [0, 0.1) is 11.8 Å². The first kappa shape index (κ1) is 10.3. The zero-order valence-corrected chi connectivity index (χ0v) is 9.95. The van der Waals surface area contributed by atoms with Crippen molar-refractivity contribution in [1.82, 2.24) is 0 Å². The number of rotatable bonds is 2. The van der Waals surface area contributed by atoms with E-state index in [1.807, 2.05) is 0 Å². The molecule has 1 aliphatic carbocycles. The number of allylic oxidation sites excluding steroid dienone is 2. The summed E-state index contributed by atoms with van der Waals surface area (Å²) in [5.74, 6) is 1.69. The van der Waals surface area contributed by atoms with Crippen molar-refractivity contribution in [2.45, 2.75) is 40.0 Å². The highest BCUT2D eigenvalue weighted by molar-refractivity contribution is 9.09. The van der Waals surface area contributed by atoms with Crippen LogP contribution in [0.1, 0.15) is 40.0 Å². The van der Waals surface area contributed by atoms with Crippen molar-refractivity contribution in [2.24, 2.45) is 11.8 Å². The Balaban J connectivity index is 2.69. The van der Waals surface area contributed by atoms with Crippen LogP contribution in [0.5, 0.6) is 0 Å². The number of alkyl halides is 1. The molecular weight excluding hydrogens is 212 g/mol. The monoisotopic (exact) mass is 230 g/mol. The van der Waals surface area contributed by atoms with Crippen LogP contribution in [-0.4, -0.2) is 5.33 Å². The zero-order valence-electron chi connectivity index (χ0n) is 8.36. The van der Waals surface area contributed by atoms with Crippen molar-refractivity contribution in [3.63, 3.8) is 0 Å². The summed E-state index contributed by atoms with van der Waals surface area (Å²) in [7, 11) is 0. The molecule has 1 aliphatic rings. The van der Waals surface area contributed by atoms with Gasteiger partial charge in [0.05, 0.1) is 0 Å². The number of hydrogen-bond acceptors (Lipinski definition) is 0. The Bertz CT molecular complexity index is 181. The molecule has 0 aromatic carbocycles. The largest absolute Gasteiger partial charge is 0.0928 e. The second-order valence-corrected chi connectivity index (χ2v) is 4.81. The molecule has 0 aromatic heterocycles. The fraction of sp³-hybridized carbons (Fsp3) is 0.818. The Hall–Kier alpha value is 0.220. The first-order valence-corrected chi connectivity index (χ1v) is 6.02. The predicted molar refractivity (Wildman–Crippen MR) is 58.7 cm³/mol. The molecule has 0 saturated heterocycles. The summed E-state index contributed by atoms with van der Waals surface area (Å²) in [4.78, 5) is 0. The summed E-state index contributed by atoms with van der Waals surface area (Å²) in [6, 6.07) is 0. The van der Waals surface area contributed by atoms with Crippen LogP contribution in [0.3, 0.4) is 0 Å². The maximum atomic E-state index is 3.52. The summed E-state index contributed by atoms with van der Waals surface area (Å²) in [5, 5.41) is 1.15. The highest BCUT2D eigenvalue weighted by Gasteiger charge is 2.21. The number of halogens is 1. The molecule has 2 unspecified atom stereocenters. The van der Waals surface area contributed by atoms with Gasteiger partial charge in [-0.15, -0.1) is 0 Å². The van der Waals surface area contributed by atoms with E-state index in [1.54, 1.807) is 11.1 Å². The van der Waals surface area contributed by atoms with Crippen molar-refractivity contribution in [2.75, 3.05) is 5.33 Å². The van der Waals surface area contributed by atoms with E-state index in [0.29, 0.717) is 0 Å². The van der Waals surface area contributed by atoms with E-state index in [2.05, 4.69) is 36.7 Å². The van der Waals surface area contributed by atoms with Gasteiger partial charge in [0, 0.05) is 5.33 Å². The molecule has 0 fully saturated rings. The Kier molecular flexibility index (Phi) is 3.82. The Morgan fingerprint density at radius 2 is 1.92 bits per heavy atom. The molecule has 1 rings (SSSR count). The van der Waals surface area contributed by atoms with E-state index in [9.17, 15) is 0 Å². The van der Waals surface area contributed by atoms with Gasteiger partial charge in [0.25, 0.3) is 0 Å². The minimum absolute atomic E-state index is 0.830. The Labute approximate surface area is 84.6 Å². The van der Waals surface area contributed by atoms with Gasteiger partial charge in [-0.25, -0.2) is 0 Å². The van der Waals surface area contributed by atoms with Gasteiger partial charge in [-0.1, -0.05) is 34.0 Å². The lowest BCUT2D eigenvalue weighted by Gasteiger charge is -2.29. The van der Waals surface area contributed by atoms with Gasteiger partial charge in [-0.2, -0.15) is 0 Å². The van der Waals surface area contributed by atoms with Crippen LogP contribution in [0.15, 0.2) is 11.1 Å². The van der Waals surface area contributed by atoms with E-state index in [4.69, 9.17) is 0 Å². The standard InChI is InChI=1S/C11H19Br/c1-8-4-5-11(6-7-12)10(3)9(8)2/h8,11H,4-7H2,1-3H3. The van der Waals surface area contributed by atoms with Crippen LogP contribution < -0.4 is 0 Å². The van der Waals surface area contributed by atoms with Crippen LogP contribution >= 0.6 is 15.9 Å². The SMILES string of the molecule is CC1=C(C)C(CCBr)CCC1C. The van der Waals surface area contributed by atoms with Gasteiger partial charge >= 0.3 is 0 Å². The molecule has 0 nitrogen and oxygen atoms in total. The van der Waals surface area contributed by atoms with Gasteiger partial charge in [0.1, 0.15) is 0 Å². The van der Waals surface area contributed by atoms with E-state index in [0.717, 1.165) is 17.2 Å². The summed E-state index contributed by atoms with van der Waals surface area (Å²) >= 11 is 3.52. The van der Waals surface area contributed by atoms with Crippen LogP contribution in [0.2, 0.25) is 0 Å². The average molecular weight is 231 g/mol. The lowest BCUT2D eigenvalue weighted by Crippen LogP contribution is -2.15. The molecule has 0 saturated carbocycles. The summed E-state index contributed by atoms with van der Waals surface area (Å²) in [6.45, 7) is 6.97. The smallest absolute Gasteiger partial charge is 0.00370 e. The van der Waals surface area contributed by atoms with Crippen molar-refractivity contribution in [1.29, 1.82) is 0 Å². The third-order valence-electron chi connectivity index (χ3n) is 3.38. The fourth-order valence-corrected chi connectivity index (χ4v) is 2.64. The van der Waals surface area contributed by atoms with Crippen molar-refractivity contribution < 1.29 is 0 Å². The predicted octanol–water partition coefficient (Wildman–Crippen LogP) is 4.15. The lowest BCUT2D eigenvalue weighted by molar-refractivity contribution is 0.426. The van der Waals surface area contributed by atoms with E-state index in [1.165, 1.54) is 19.3 Å². The van der Waals surface area contributed by atoms with E-state index in [-0.39, 0.29) is 0 Å². The topological polar surface area (TPSA) is 0 Å². The van der Waals surface area contributed by atoms with Gasteiger partial charge in [-0.3, -0.25) is 0 Å². The summed E-state index contributed by atoms with van der Waals surface area (Å²) in [6.07, 6.45) is 4.10. The summed E-state index contributed by atoms with van der Waals surface area (Å²) < 4.78 is 0. The van der Waals surface area contributed by atoms with E-state index >= 15 is 0 Å². The second kappa shape index (κ2) is 4.45. The van der Waals surface area contributed by atoms with Crippen molar-refractivity contribution in [3.8, 4) is 0 Å². The fourth-order valence-electron chi connectivity index (χ4n) is 2.09. The molecule has 0 radical (unpaired) electrons. The molecule has 1 heteroatoms. The molecule has 0 spiro atoms. The zero-order chi connectivity index (χ0) is 9.14. The first-order valence-electron chi connectivity index (χ1n) is 4.90. The van der Waals surface area contributed by atoms with Gasteiger partial charge in [-0.05, 0) is 44.9 Å². The van der Waals surface area contributed by atoms with Crippen molar-refractivity contribution in [3.05, 3.63) is 11.1 Å². The number of hydrogen-bond donors (Lipinski definition) is 0. The van der Waals surface area contributed by atoms with Gasteiger partial charge in [0.2, 0.25) is 0 Å². The molecule has 0 amide bonds. The molecule has 2 atom stereocenters. The van der Waals surface area contributed by atoms with Gasteiger partial charge < -0.3 is 0 Å². The normalized spacial score (nSPS) is 31.0.